The largest absolute Gasteiger partial charge is 0.303 e. The molecule has 0 atom stereocenters. The van der Waals surface area contributed by atoms with Crippen molar-refractivity contribution in [3.63, 3.8) is 0 Å². The molecule has 52 valence electrons. The molecule has 0 aliphatic heterocycles. The zero-order valence-corrected chi connectivity index (χ0v) is 5.10. The van der Waals surface area contributed by atoms with Crippen molar-refractivity contribution in [3.05, 3.63) is 0 Å². The van der Waals surface area contributed by atoms with Gasteiger partial charge in [0, 0.05) is 12.8 Å². The van der Waals surface area contributed by atoms with Crippen LogP contribution in [0.5, 0.6) is 0 Å². The van der Waals surface area contributed by atoms with E-state index in [2.05, 4.69) is 0 Å². The third kappa shape index (κ3) is 7.27. The second-order valence-corrected chi connectivity index (χ2v) is 1.77. The highest BCUT2D eigenvalue weighted by molar-refractivity contribution is 5.67. The van der Waals surface area contributed by atoms with Crippen LogP contribution in [0.4, 0.5) is 4.39 Å². The lowest BCUT2D eigenvalue weighted by atomic mass is 10.2. The first-order valence-electron chi connectivity index (χ1n) is 2.89. The Labute approximate surface area is 53.1 Å². The Morgan fingerprint density at radius 1 is 1.44 bits per heavy atom. The van der Waals surface area contributed by atoms with Crippen molar-refractivity contribution >= 4 is 12.3 Å². The first-order valence-corrected chi connectivity index (χ1v) is 2.89. The summed E-state index contributed by atoms with van der Waals surface area (Å²) in [6.45, 7) is 0. The molecule has 3 heteroatoms. The molecule has 0 heterocycles. The van der Waals surface area contributed by atoms with E-state index in [1.165, 1.54) is 0 Å². The van der Waals surface area contributed by atoms with Gasteiger partial charge in [0.05, 0.1) is 0 Å². The molecule has 0 aromatic rings. The molecular formula is C6H9FO2. The molecule has 0 bridgehead atoms. The molecule has 2 nitrogen and oxygen atoms in total. The van der Waals surface area contributed by atoms with Gasteiger partial charge in [-0.2, -0.15) is 4.39 Å². The minimum absolute atomic E-state index is 0.0478. The van der Waals surface area contributed by atoms with Crippen LogP contribution in [0, 0.1) is 0 Å². The van der Waals surface area contributed by atoms with Gasteiger partial charge in [-0.3, -0.25) is 4.79 Å². The zero-order chi connectivity index (χ0) is 7.11. The monoisotopic (exact) mass is 132 g/mol. The maximum Gasteiger partial charge on any atom is 0.301 e. The van der Waals surface area contributed by atoms with Gasteiger partial charge in [0.15, 0.2) is 0 Å². The van der Waals surface area contributed by atoms with Crippen molar-refractivity contribution in [1.29, 1.82) is 0 Å². The highest BCUT2D eigenvalue weighted by Gasteiger charge is 1.95. The molecular weight excluding hydrogens is 123 g/mol. The van der Waals surface area contributed by atoms with Gasteiger partial charge in [-0.25, -0.2) is 0 Å². The normalized spacial score (nSPS) is 9.00. The number of halogens is 1. The summed E-state index contributed by atoms with van der Waals surface area (Å²) < 4.78 is 11.4. The lowest BCUT2D eigenvalue weighted by Gasteiger charge is -1.88. The maximum absolute atomic E-state index is 11.4. The predicted molar refractivity (Wildman–Crippen MR) is 30.6 cm³/mol. The van der Waals surface area contributed by atoms with E-state index in [0.717, 1.165) is 6.29 Å². The predicted octanol–water partition coefficient (Wildman–Crippen LogP) is 1.24. The smallest absolute Gasteiger partial charge is 0.301 e. The Kier molecular flexibility index (Phi) is 4.97. The first kappa shape index (κ1) is 8.27. The summed E-state index contributed by atoms with van der Waals surface area (Å²) in [5, 5.41) is 0. The van der Waals surface area contributed by atoms with Crippen LogP contribution in [0.15, 0.2) is 0 Å². The van der Waals surface area contributed by atoms with Gasteiger partial charge >= 0.3 is 6.04 Å². The van der Waals surface area contributed by atoms with Crippen LogP contribution in [-0.2, 0) is 9.59 Å². The Morgan fingerprint density at radius 3 is 2.56 bits per heavy atom. The number of hydrogen-bond acceptors (Lipinski definition) is 2. The molecule has 0 fully saturated rings. The topological polar surface area (TPSA) is 34.1 Å². The highest BCUT2D eigenvalue weighted by Crippen LogP contribution is 1.98. The summed E-state index contributed by atoms with van der Waals surface area (Å²) in [4.78, 5) is 19.3. The van der Waals surface area contributed by atoms with Crippen LogP contribution in [0.1, 0.15) is 25.7 Å². The van der Waals surface area contributed by atoms with Crippen molar-refractivity contribution in [2.24, 2.45) is 0 Å². The van der Waals surface area contributed by atoms with E-state index in [9.17, 15) is 14.0 Å². The van der Waals surface area contributed by atoms with Gasteiger partial charge in [-0.15, -0.1) is 0 Å². The zero-order valence-electron chi connectivity index (χ0n) is 5.10. The van der Waals surface area contributed by atoms with Crippen LogP contribution in [0.2, 0.25) is 0 Å². The van der Waals surface area contributed by atoms with Crippen molar-refractivity contribution in [3.8, 4) is 0 Å². The minimum atomic E-state index is -1.29. The third-order valence-electron chi connectivity index (χ3n) is 0.945. The van der Waals surface area contributed by atoms with Crippen LogP contribution >= 0.6 is 0 Å². The van der Waals surface area contributed by atoms with Crippen LogP contribution in [0.3, 0.4) is 0 Å². The number of unbranched alkanes of at least 4 members (excludes halogenated alkanes) is 2. The number of aldehydes is 1. The van der Waals surface area contributed by atoms with Gasteiger partial charge in [-0.1, -0.05) is 0 Å². The molecule has 9 heavy (non-hydrogen) atoms. The summed E-state index contributed by atoms with van der Waals surface area (Å²) in [6.07, 6.45) is 2.23. The molecule has 0 saturated heterocycles. The van der Waals surface area contributed by atoms with Crippen molar-refractivity contribution in [2.75, 3.05) is 0 Å². The fourth-order valence-corrected chi connectivity index (χ4v) is 0.492. The summed E-state index contributed by atoms with van der Waals surface area (Å²) >= 11 is 0. The summed E-state index contributed by atoms with van der Waals surface area (Å²) in [5.74, 6) is 0. The van der Waals surface area contributed by atoms with Crippen LogP contribution < -0.4 is 0 Å². The Bertz CT molecular complexity index is 101. The highest BCUT2D eigenvalue weighted by atomic mass is 19.1. The SMILES string of the molecule is O=CCCCCC(=O)F. The Morgan fingerprint density at radius 2 is 2.11 bits per heavy atom. The minimum Gasteiger partial charge on any atom is -0.303 e. The summed E-state index contributed by atoms with van der Waals surface area (Å²) in [5.41, 5.74) is 0. The van der Waals surface area contributed by atoms with Gasteiger partial charge in [-0.05, 0) is 12.8 Å². The lowest BCUT2D eigenvalue weighted by molar-refractivity contribution is -0.129. The molecule has 0 N–H and O–H groups in total. The summed E-state index contributed by atoms with van der Waals surface area (Å²) in [6, 6.07) is -1.29. The fourth-order valence-electron chi connectivity index (χ4n) is 0.492. The molecule has 0 aromatic heterocycles. The molecule has 0 rings (SSSR count). The standard InChI is InChI=1S/C6H9FO2/c7-6(9)4-2-1-3-5-8/h5H,1-4H2. The average Bonchev–Trinajstić information content (AvgIpc) is 1.80. The van der Waals surface area contributed by atoms with Crippen molar-refractivity contribution in [2.45, 2.75) is 25.7 Å². The number of carbonyl (C=O) groups excluding carboxylic acids is 2. The van der Waals surface area contributed by atoms with E-state index in [0.29, 0.717) is 19.3 Å². The van der Waals surface area contributed by atoms with E-state index in [4.69, 9.17) is 0 Å². The molecule has 0 amide bonds. The fraction of sp³-hybridized carbons (Fsp3) is 0.667. The molecule has 0 aromatic carbocycles. The second kappa shape index (κ2) is 5.41. The van der Waals surface area contributed by atoms with Gasteiger partial charge in [0.25, 0.3) is 0 Å². The van der Waals surface area contributed by atoms with Gasteiger partial charge < -0.3 is 4.79 Å². The molecule has 0 aliphatic rings. The maximum atomic E-state index is 11.4. The van der Waals surface area contributed by atoms with E-state index >= 15 is 0 Å². The molecule has 0 radical (unpaired) electrons. The van der Waals surface area contributed by atoms with Gasteiger partial charge in [0.2, 0.25) is 0 Å². The summed E-state index contributed by atoms with van der Waals surface area (Å²) in [7, 11) is 0. The number of carbonyl (C=O) groups is 2. The quantitative estimate of drug-likeness (QED) is 0.320. The van der Waals surface area contributed by atoms with Crippen molar-refractivity contribution < 1.29 is 14.0 Å². The van der Waals surface area contributed by atoms with E-state index in [1.807, 2.05) is 0 Å². The molecule has 0 saturated carbocycles. The Balaban J connectivity index is 2.91. The van der Waals surface area contributed by atoms with E-state index in [1.54, 1.807) is 0 Å². The van der Waals surface area contributed by atoms with E-state index in [-0.39, 0.29) is 6.42 Å². The van der Waals surface area contributed by atoms with E-state index < -0.39 is 6.04 Å². The molecule has 0 spiro atoms. The molecule has 0 unspecified atom stereocenters. The first-order chi connectivity index (χ1) is 4.27. The number of rotatable bonds is 5. The Hall–Kier alpha value is -0.730. The van der Waals surface area contributed by atoms with Crippen LogP contribution in [0.25, 0.3) is 0 Å². The number of hydrogen-bond donors (Lipinski definition) is 0. The second-order valence-electron chi connectivity index (χ2n) is 1.77. The van der Waals surface area contributed by atoms with Crippen LogP contribution in [-0.4, -0.2) is 12.3 Å². The average molecular weight is 132 g/mol. The van der Waals surface area contributed by atoms with Crippen molar-refractivity contribution in [1.82, 2.24) is 0 Å². The molecule has 0 aliphatic carbocycles. The lowest BCUT2D eigenvalue weighted by Crippen LogP contribution is -1.87. The third-order valence-corrected chi connectivity index (χ3v) is 0.945. The van der Waals surface area contributed by atoms with Gasteiger partial charge in [0.1, 0.15) is 6.29 Å².